The number of ether oxygens (including phenoxy) is 1. The Bertz CT molecular complexity index is 464. The zero-order chi connectivity index (χ0) is 14.5. The number of thiocarbonyl (C=S) groups is 1. The minimum atomic E-state index is 0.476. The maximum Gasteiger partial charge on any atom is 0.171 e. The van der Waals surface area contributed by atoms with E-state index in [2.05, 4.69) is 24.5 Å². The highest BCUT2D eigenvalue weighted by Crippen LogP contribution is 2.29. The van der Waals surface area contributed by atoms with Crippen LogP contribution in [0.15, 0.2) is 24.3 Å². The fourth-order valence-corrected chi connectivity index (χ4v) is 3.09. The molecule has 1 aliphatic rings. The molecule has 3 nitrogen and oxygen atoms in total. The Labute approximate surface area is 127 Å². The van der Waals surface area contributed by atoms with Crippen LogP contribution < -0.4 is 15.4 Å². The molecule has 3 atom stereocenters. The molecule has 1 aliphatic carbocycles. The fraction of sp³-hybridized carbons (Fsp3) is 0.562. The van der Waals surface area contributed by atoms with Crippen molar-refractivity contribution in [2.45, 2.75) is 39.2 Å². The molecule has 1 fully saturated rings. The van der Waals surface area contributed by atoms with Gasteiger partial charge in [0.25, 0.3) is 0 Å². The molecule has 0 heterocycles. The lowest BCUT2D eigenvalue weighted by Crippen LogP contribution is -2.45. The molecule has 0 aromatic heterocycles. The number of hydrogen-bond donors (Lipinski definition) is 2. The Morgan fingerprint density at radius 2 is 2.10 bits per heavy atom. The van der Waals surface area contributed by atoms with Gasteiger partial charge in [0.1, 0.15) is 5.75 Å². The van der Waals surface area contributed by atoms with Crippen LogP contribution in [0.4, 0.5) is 5.69 Å². The first-order chi connectivity index (χ1) is 9.60. The third-order valence-electron chi connectivity index (χ3n) is 4.35. The summed E-state index contributed by atoms with van der Waals surface area (Å²) in [6.45, 7) is 4.65. The first kappa shape index (κ1) is 15.1. The second-order valence-corrected chi connectivity index (χ2v) is 6.11. The van der Waals surface area contributed by atoms with Crippen LogP contribution in [-0.2, 0) is 0 Å². The monoisotopic (exact) mass is 292 g/mol. The van der Waals surface area contributed by atoms with Gasteiger partial charge < -0.3 is 15.4 Å². The van der Waals surface area contributed by atoms with Crippen LogP contribution in [-0.4, -0.2) is 18.3 Å². The van der Waals surface area contributed by atoms with E-state index in [0.717, 1.165) is 17.4 Å². The van der Waals surface area contributed by atoms with Gasteiger partial charge in [0.15, 0.2) is 5.11 Å². The van der Waals surface area contributed by atoms with Crippen molar-refractivity contribution >= 4 is 23.0 Å². The summed E-state index contributed by atoms with van der Waals surface area (Å²) in [5, 5.41) is 7.40. The molecule has 4 heteroatoms. The number of rotatable bonds is 3. The molecule has 0 aliphatic heterocycles. The quantitative estimate of drug-likeness (QED) is 0.830. The number of hydrogen-bond acceptors (Lipinski definition) is 2. The minimum absolute atomic E-state index is 0.476. The van der Waals surface area contributed by atoms with Crippen LogP contribution in [0.2, 0.25) is 0 Å². The molecular weight excluding hydrogens is 268 g/mol. The molecule has 110 valence electrons. The van der Waals surface area contributed by atoms with Crippen molar-refractivity contribution in [1.29, 1.82) is 0 Å². The average Bonchev–Trinajstić information content (AvgIpc) is 2.44. The summed E-state index contributed by atoms with van der Waals surface area (Å²) >= 11 is 5.42. The lowest BCUT2D eigenvalue weighted by Gasteiger charge is -2.35. The van der Waals surface area contributed by atoms with Crippen molar-refractivity contribution in [3.05, 3.63) is 24.3 Å². The van der Waals surface area contributed by atoms with Gasteiger partial charge in [0.2, 0.25) is 0 Å². The van der Waals surface area contributed by atoms with Crippen molar-refractivity contribution in [1.82, 2.24) is 5.32 Å². The number of nitrogens with one attached hydrogen (secondary N) is 2. The molecule has 2 rings (SSSR count). The Morgan fingerprint density at radius 1 is 1.30 bits per heavy atom. The summed E-state index contributed by atoms with van der Waals surface area (Å²) in [4.78, 5) is 0. The molecule has 0 spiro atoms. The topological polar surface area (TPSA) is 33.3 Å². The fourth-order valence-electron chi connectivity index (χ4n) is 2.82. The van der Waals surface area contributed by atoms with E-state index in [-0.39, 0.29) is 0 Å². The van der Waals surface area contributed by atoms with Crippen LogP contribution in [0.1, 0.15) is 33.1 Å². The van der Waals surface area contributed by atoms with Gasteiger partial charge in [0, 0.05) is 17.8 Å². The molecule has 2 N–H and O–H groups in total. The van der Waals surface area contributed by atoms with Gasteiger partial charge in [-0.25, -0.2) is 0 Å². The Hall–Kier alpha value is -1.29. The van der Waals surface area contributed by atoms with E-state index in [9.17, 15) is 0 Å². The van der Waals surface area contributed by atoms with Crippen LogP contribution in [0.25, 0.3) is 0 Å². The zero-order valence-electron chi connectivity index (χ0n) is 12.5. The van der Waals surface area contributed by atoms with Crippen LogP contribution in [0.5, 0.6) is 5.75 Å². The first-order valence-electron chi connectivity index (χ1n) is 7.31. The number of anilines is 1. The smallest absolute Gasteiger partial charge is 0.171 e. The number of methoxy groups -OCH3 is 1. The molecule has 1 aromatic carbocycles. The predicted octanol–water partition coefficient (Wildman–Crippen LogP) is 3.81. The summed E-state index contributed by atoms with van der Waals surface area (Å²) in [6.07, 6.45) is 3.81. The maximum atomic E-state index is 5.42. The third-order valence-corrected chi connectivity index (χ3v) is 4.57. The molecule has 0 unspecified atom stereocenters. The van der Waals surface area contributed by atoms with Gasteiger partial charge in [-0.05, 0) is 42.6 Å². The largest absolute Gasteiger partial charge is 0.497 e. The van der Waals surface area contributed by atoms with Crippen LogP contribution in [0, 0.1) is 11.8 Å². The van der Waals surface area contributed by atoms with Gasteiger partial charge in [-0.2, -0.15) is 0 Å². The maximum absolute atomic E-state index is 5.42. The van der Waals surface area contributed by atoms with Gasteiger partial charge in [-0.1, -0.05) is 32.8 Å². The SMILES string of the molecule is COc1cccc(NC(=S)N[C@@H]2CCC[C@@H](C)[C@H]2C)c1. The van der Waals surface area contributed by atoms with Gasteiger partial charge >= 0.3 is 0 Å². The van der Waals surface area contributed by atoms with Gasteiger partial charge in [-0.15, -0.1) is 0 Å². The molecule has 0 bridgehead atoms. The van der Waals surface area contributed by atoms with E-state index in [0.29, 0.717) is 17.1 Å². The van der Waals surface area contributed by atoms with Gasteiger partial charge in [-0.3, -0.25) is 0 Å². The van der Waals surface area contributed by atoms with E-state index >= 15 is 0 Å². The molecular formula is C16H24N2OS. The standard InChI is InChI=1S/C16H24N2OS/c1-11-6-4-9-15(12(11)2)18-16(20)17-13-7-5-8-14(10-13)19-3/h5,7-8,10-12,15H,4,6,9H2,1-3H3,(H2,17,18,20)/t11-,12-,15-/m1/s1. The van der Waals surface area contributed by atoms with Crippen molar-refractivity contribution in [2.75, 3.05) is 12.4 Å². The van der Waals surface area contributed by atoms with Crippen molar-refractivity contribution in [2.24, 2.45) is 11.8 Å². The predicted molar refractivity (Wildman–Crippen MR) is 88.3 cm³/mol. The molecule has 1 saturated carbocycles. The number of benzene rings is 1. The van der Waals surface area contributed by atoms with Crippen molar-refractivity contribution < 1.29 is 4.74 Å². The Balaban J connectivity index is 1.91. The summed E-state index contributed by atoms with van der Waals surface area (Å²) in [5.41, 5.74) is 0.957. The van der Waals surface area contributed by atoms with Crippen LogP contribution >= 0.6 is 12.2 Å². The summed E-state index contributed by atoms with van der Waals surface area (Å²) in [6, 6.07) is 8.29. The molecule has 0 radical (unpaired) electrons. The summed E-state index contributed by atoms with van der Waals surface area (Å²) in [7, 11) is 1.67. The van der Waals surface area contributed by atoms with Crippen LogP contribution in [0.3, 0.4) is 0 Å². The van der Waals surface area contributed by atoms with E-state index in [1.54, 1.807) is 7.11 Å². The average molecular weight is 292 g/mol. The Morgan fingerprint density at radius 3 is 2.85 bits per heavy atom. The van der Waals surface area contributed by atoms with Crippen molar-refractivity contribution in [3.8, 4) is 5.75 Å². The normalized spacial score (nSPS) is 25.9. The molecule has 20 heavy (non-hydrogen) atoms. The van der Waals surface area contributed by atoms with E-state index < -0.39 is 0 Å². The molecule has 0 amide bonds. The van der Waals surface area contributed by atoms with E-state index in [4.69, 9.17) is 17.0 Å². The second kappa shape index (κ2) is 6.93. The highest BCUT2D eigenvalue weighted by Gasteiger charge is 2.27. The van der Waals surface area contributed by atoms with Gasteiger partial charge in [0.05, 0.1) is 7.11 Å². The van der Waals surface area contributed by atoms with E-state index in [1.165, 1.54) is 19.3 Å². The summed E-state index contributed by atoms with van der Waals surface area (Å²) in [5.74, 6) is 2.26. The minimum Gasteiger partial charge on any atom is -0.497 e. The zero-order valence-corrected chi connectivity index (χ0v) is 13.3. The third kappa shape index (κ3) is 3.85. The van der Waals surface area contributed by atoms with E-state index in [1.807, 2.05) is 24.3 Å². The van der Waals surface area contributed by atoms with Crippen molar-refractivity contribution in [3.63, 3.8) is 0 Å². The lowest BCUT2D eigenvalue weighted by atomic mass is 9.78. The highest BCUT2D eigenvalue weighted by molar-refractivity contribution is 7.80. The Kier molecular flexibility index (Phi) is 5.24. The second-order valence-electron chi connectivity index (χ2n) is 5.70. The highest BCUT2D eigenvalue weighted by atomic mass is 32.1. The molecule has 0 saturated heterocycles. The first-order valence-corrected chi connectivity index (χ1v) is 7.72. The summed E-state index contributed by atoms with van der Waals surface area (Å²) < 4.78 is 5.21. The molecule has 1 aromatic rings. The lowest BCUT2D eigenvalue weighted by molar-refractivity contribution is 0.225.